The highest BCUT2D eigenvalue weighted by atomic mass is 16.5. The molecule has 1 aromatic rings. The van der Waals surface area contributed by atoms with E-state index in [9.17, 15) is 0 Å². The van der Waals surface area contributed by atoms with Gasteiger partial charge in [-0.2, -0.15) is 4.98 Å². The lowest BCUT2D eigenvalue weighted by Crippen LogP contribution is -2.43. The lowest BCUT2D eigenvalue weighted by molar-refractivity contribution is 0.111. The number of ether oxygens (including phenoxy) is 1. The fourth-order valence-corrected chi connectivity index (χ4v) is 1.44. The lowest BCUT2D eigenvalue weighted by atomic mass is 10.1. The normalized spacial score (nSPS) is 16.1. The number of nitrogens with zero attached hydrogens (tertiary/aromatic N) is 3. The van der Waals surface area contributed by atoms with Crippen LogP contribution in [0.15, 0.2) is 6.07 Å². The number of likely N-dealkylation sites (N-methyl/N-ethyl adjacent to an activating group) is 1. The van der Waals surface area contributed by atoms with Crippen LogP contribution in [0.25, 0.3) is 0 Å². The molecular formula is C13H22N4O. The van der Waals surface area contributed by atoms with Crippen molar-refractivity contribution in [3.63, 3.8) is 0 Å². The van der Waals surface area contributed by atoms with Crippen LogP contribution in [-0.2, 0) is 0 Å². The topological polar surface area (TPSA) is 64.3 Å². The summed E-state index contributed by atoms with van der Waals surface area (Å²) in [7, 11) is 4.07. The molecule has 0 unspecified atom stereocenters. The Morgan fingerprint density at radius 1 is 1.39 bits per heavy atom. The molecule has 100 valence electrons. The second kappa shape index (κ2) is 4.72. The number of nitrogens with two attached hydrogens (primary N) is 1. The van der Waals surface area contributed by atoms with E-state index in [4.69, 9.17) is 10.5 Å². The maximum atomic E-state index is 5.78. The van der Waals surface area contributed by atoms with E-state index >= 15 is 0 Å². The van der Waals surface area contributed by atoms with E-state index in [-0.39, 0.29) is 5.54 Å². The molecule has 18 heavy (non-hydrogen) atoms. The molecule has 1 heterocycles. The Balaban J connectivity index is 2.05. The fourth-order valence-electron chi connectivity index (χ4n) is 1.44. The Morgan fingerprint density at radius 2 is 2.06 bits per heavy atom. The molecular weight excluding hydrogens is 228 g/mol. The third-order valence-electron chi connectivity index (χ3n) is 3.47. The summed E-state index contributed by atoms with van der Waals surface area (Å²) in [4.78, 5) is 10.8. The molecule has 0 aliphatic heterocycles. The molecule has 0 radical (unpaired) electrons. The second-order valence-electron chi connectivity index (χ2n) is 5.76. The second-order valence-corrected chi connectivity index (χ2v) is 5.76. The molecule has 5 nitrogen and oxygen atoms in total. The number of hydrogen-bond donors (Lipinski definition) is 1. The molecule has 0 amide bonds. The van der Waals surface area contributed by atoms with Crippen molar-refractivity contribution < 1.29 is 4.74 Å². The summed E-state index contributed by atoms with van der Waals surface area (Å²) in [6, 6.07) is 1.69. The maximum absolute atomic E-state index is 5.78. The molecule has 1 aromatic heterocycles. The van der Waals surface area contributed by atoms with Crippen molar-refractivity contribution >= 4 is 5.82 Å². The zero-order chi connectivity index (χ0) is 13.3. The van der Waals surface area contributed by atoms with Crippen LogP contribution in [-0.4, -0.2) is 41.1 Å². The first-order valence-electron chi connectivity index (χ1n) is 6.33. The van der Waals surface area contributed by atoms with E-state index in [1.807, 2.05) is 14.1 Å². The molecule has 0 bridgehead atoms. The largest absolute Gasteiger partial charge is 0.476 e. The van der Waals surface area contributed by atoms with Crippen LogP contribution in [0.4, 0.5) is 5.82 Å². The predicted molar refractivity (Wildman–Crippen MR) is 71.7 cm³/mol. The molecule has 1 fully saturated rings. The highest BCUT2D eigenvalue weighted by Gasteiger charge is 2.28. The smallest absolute Gasteiger partial charge is 0.218 e. The molecule has 2 rings (SSSR count). The van der Waals surface area contributed by atoms with Crippen molar-refractivity contribution in [2.75, 3.05) is 26.4 Å². The van der Waals surface area contributed by atoms with Crippen LogP contribution in [0.2, 0.25) is 0 Å². The van der Waals surface area contributed by atoms with Gasteiger partial charge in [0.25, 0.3) is 0 Å². The number of hydrogen-bond acceptors (Lipinski definition) is 5. The van der Waals surface area contributed by atoms with Crippen LogP contribution in [0.3, 0.4) is 0 Å². The van der Waals surface area contributed by atoms with E-state index in [1.165, 1.54) is 0 Å². The zero-order valence-electron chi connectivity index (χ0n) is 11.6. The van der Waals surface area contributed by atoms with E-state index in [0.29, 0.717) is 24.2 Å². The molecule has 0 atom stereocenters. The van der Waals surface area contributed by atoms with Crippen molar-refractivity contribution in [2.45, 2.75) is 38.1 Å². The minimum atomic E-state index is -0.0422. The van der Waals surface area contributed by atoms with Crippen molar-refractivity contribution in [3.05, 3.63) is 11.9 Å². The number of nitrogen functional groups attached to an aromatic ring is 1. The van der Waals surface area contributed by atoms with E-state index in [0.717, 1.165) is 18.7 Å². The van der Waals surface area contributed by atoms with E-state index in [1.54, 1.807) is 6.07 Å². The van der Waals surface area contributed by atoms with Gasteiger partial charge in [-0.1, -0.05) is 0 Å². The number of anilines is 1. The monoisotopic (exact) mass is 250 g/mol. The Bertz CT molecular complexity index is 427. The Morgan fingerprint density at radius 3 is 2.61 bits per heavy atom. The van der Waals surface area contributed by atoms with Crippen molar-refractivity contribution in [1.82, 2.24) is 14.9 Å². The van der Waals surface area contributed by atoms with Gasteiger partial charge in [0.2, 0.25) is 5.88 Å². The van der Waals surface area contributed by atoms with Crippen LogP contribution in [0.5, 0.6) is 5.88 Å². The average Bonchev–Trinajstić information content (AvgIpc) is 3.09. The zero-order valence-corrected chi connectivity index (χ0v) is 11.6. The SMILES string of the molecule is CN(C)C(C)(C)COc1cc(N)nc(C2CC2)n1. The van der Waals surface area contributed by atoms with Gasteiger partial charge in [-0.15, -0.1) is 0 Å². The molecule has 0 saturated heterocycles. The van der Waals surface area contributed by atoms with Gasteiger partial charge in [-0.05, 0) is 40.8 Å². The first kappa shape index (κ1) is 13.1. The standard InChI is InChI=1S/C13H22N4O/c1-13(2,17(3)4)8-18-11-7-10(14)15-12(16-11)9-5-6-9/h7,9H,5-6,8H2,1-4H3,(H2,14,15,16). The molecule has 0 spiro atoms. The summed E-state index contributed by atoms with van der Waals surface area (Å²) >= 11 is 0. The molecule has 1 saturated carbocycles. The van der Waals surface area contributed by atoms with Gasteiger partial charge in [-0.3, -0.25) is 0 Å². The molecule has 1 aliphatic rings. The Kier molecular flexibility index (Phi) is 3.43. The third kappa shape index (κ3) is 3.10. The van der Waals surface area contributed by atoms with Crippen molar-refractivity contribution in [1.29, 1.82) is 0 Å². The Hall–Kier alpha value is -1.36. The van der Waals surface area contributed by atoms with Gasteiger partial charge in [0.15, 0.2) is 0 Å². The van der Waals surface area contributed by atoms with Crippen LogP contribution >= 0.6 is 0 Å². The minimum absolute atomic E-state index is 0.0422. The van der Waals surface area contributed by atoms with Crippen molar-refractivity contribution in [2.24, 2.45) is 0 Å². The van der Waals surface area contributed by atoms with Gasteiger partial charge < -0.3 is 15.4 Å². The van der Waals surface area contributed by atoms with Gasteiger partial charge in [0.1, 0.15) is 18.2 Å². The predicted octanol–water partition coefficient (Wildman–Crippen LogP) is 1.66. The summed E-state index contributed by atoms with van der Waals surface area (Å²) < 4.78 is 5.76. The molecule has 0 aromatic carbocycles. The summed E-state index contributed by atoms with van der Waals surface area (Å²) in [5.41, 5.74) is 5.74. The highest BCUT2D eigenvalue weighted by molar-refractivity contribution is 5.34. The highest BCUT2D eigenvalue weighted by Crippen LogP contribution is 2.38. The van der Waals surface area contributed by atoms with Gasteiger partial charge in [0.05, 0.1) is 0 Å². The minimum Gasteiger partial charge on any atom is -0.476 e. The van der Waals surface area contributed by atoms with Crippen LogP contribution in [0.1, 0.15) is 38.4 Å². The van der Waals surface area contributed by atoms with E-state index < -0.39 is 0 Å². The average molecular weight is 250 g/mol. The van der Waals surface area contributed by atoms with Crippen LogP contribution < -0.4 is 10.5 Å². The summed E-state index contributed by atoms with van der Waals surface area (Å²) in [5.74, 6) is 2.38. The van der Waals surface area contributed by atoms with Crippen LogP contribution in [0, 0.1) is 0 Å². The first-order chi connectivity index (χ1) is 8.38. The van der Waals surface area contributed by atoms with Gasteiger partial charge >= 0.3 is 0 Å². The fraction of sp³-hybridized carbons (Fsp3) is 0.692. The quantitative estimate of drug-likeness (QED) is 0.861. The molecule has 2 N–H and O–H groups in total. The Labute approximate surface area is 108 Å². The summed E-state index contributed by atoms with van der Waals surface area (Å²) in [5, 5.41) is 0. The molecule has 5 heteroatoms. The maximum Gasteiger partial charge on any atom is 0.218 e. The van der Waals surface area contributed by atoms with Gasteiger partial charge in [-0.25, -0.2) is 4.98 Å². The third-order valence-corrected chi connectivity index (χ3v) is 3.47. The molecule has 1 aliphatic carbocycles. The van der Waals surface area contributed by atoms with Gasteiger partial charge in [0, 0.05) is 17.5 Å². The first-order valence-corrected chi connectivity index (χ1v) is 6.33. The lowest BCUT2D eigenvalue weighted by Gasteiger charge is -2.31. The van der Waals surface area contributed by atoms with E-state index in [2.05, 4.69) is 28.7 Å². The van der Waals surface area contributed by atoms with Crippen molar-refractivity contribution in [3.8, 4) is 5.88 Å². The summed E-state index contributed by atoms with van der Waals surface area (Å²) in [6.07, 6.45) is 2.32. The number of aromatic nitrogens is 2. The number of rotatable bonds is 5. The summed E-state index contributed by atoms with van der Waals surface area (Å²) in [6.45, 7) is 4.82.